The van der Waals surface area contributed by atoms with E-state index in [1.807, 2.05) is 30.3 Å². The Morgan fingerprint density at radius 3 is 2.88 bits per heavy atom. The number of H-pyrrole nitrogens is 1. The third-order valence-corrected chi connectivity index (χ3v) is 2.75. The first-order chi connectivity index (χ1) is 7.84. The van der Waals surface area contributed by atoms with Gasteiger partial charge >= 0.3 is 0 Å². The summed E-state index contributed by atoms with van der Waals surface area (Å²) in [6.07, 6.45) is 2.85. The number of carbonyl (C=O) groups is 1. The van der Waals surface area contributed by atoms with Crippen molar-refractivity contribution in [1.29, 1.82) is 0 Å². The van der Waals surface area contributed by atoms with Crippen LogP contribution in [0.2, 0.25) is 0 Å². The third-order valence-electron chi connectivity index (χ3n) is 2.75. The molecule has 0 bridgehead atoms. The minimum atomic E-state index is 0.0543. The van der Waals surface area contributed by atoms with Crippen molar-refractivity contribution in [2.75, 3.05) is 0 Å². The van der Waals surface area contributed by atoms with Gasteiger partial charge in [-0.1, -0.05) is 18.2 Å². The SMILES string of the molecule is O=C(c1ccccc1)N1Cc2[c]n[nH]c2C1. The van der Waals surface area contributed by atoms with Crippen molar-refractivity contribution >= 4 is 5.91 Å². The molecule has 1 aliphatic rings. The molecule has 16 heavy (non-hydrogen) atoms. The lowest BCUT2D eigenvalue weighted by Crippen LogP contribution is -2.25. The fourth-order valence-electron chi connectivity index (χ4n) is 1.90. The molecule has 79 valence electrons. The number of hydrogen-bond donors (Lipinski definition) is 1. The van der Waals surface area contributed by atoms with Crippen LogP contribution in [0, 0.1) is 6.20 Å². The van der Waals surface area contributed by atoms with Crippen molar-refractivity contribution in [2.24, 2.45) is 0 Å². The largest absolute Gasteiger partial charge is 0.328 e. The van der Waals surface area contributed by atoms with Crippen molar-refractivity contribution in [2.45, 2.75) is 13.1 Å². The van der Waals surface area contributed by atoms with Crippen LogP contribution in [0.3, 0.4) is 0 Å². The van der Waals surface area contributed by atoms with E-state index in [9.17, 15) is 4.79 Å². The summed E-state index contributed by atoms with van der Waals surface area (Å²) in [6, 6.07) is 9.31. The second-order valence-corrected chi connectivity index (χ2v) is 3.82. The zero-order chi connectivity index (χ0) is 11.0. The Morgan fingerprint density at radius 1 is 1.31 bits per heavy atom. The fraction of sp³-hybridized carbons (Fsp3) is 0.167. The van der Waals surface area contributed by atoms with Crippen molar-refractivity contribution in [3.8, 4) is 0 Å². The zero-order valence-electron chi connectivity index (χ0n) is 8.60. The van der Waals surface area contributed by atoms with Gasteiger partial charge in [0.05, 0.1) is 18.8 Å². The molecule has 1 radical (unpaired) electrons. The molecule has 4 heteroatoms. The lowest BCUT2D eigenvalue weighted by molar-refractivity contribution is 0.0749. The topological polar surface area (TPSA) is 49.0 Å². The summed E-state index contributed by atoms with van der Waals surface area (Å²) in [5.74, 6) is 0.0543. The van der Waals surface area contributed by atoms with Gasteiger partial charge in [0.25, 0.3) is 5.91 Å². The first-order valence-corrected chi connectivity index (χ1v) is 5.13. The summed E-state index contributed by atoms with van der Waals surface area (Å²) in [4.78, 5) is 13.9. The predicted octanol–water partition coefficient (Wildman–Crippen LogP) is 1.37. The standard InChI is InChI=1S/C12H10N3O/c16-12(9-4-2-1-3-5-9)15-7-10-6-13-14-11(10)8-15/h1-5H,7-8H2,(H,13,14). The molecule has 1 N–H and O–H groups in total. The number of amides is 1. The van der Waals surface area contributed by atoms with Gasteiger partial charge < -0.3 is 4.90 Å². The molecule has 0 unspecified atom stereocenters. The first-order valence-electron chi connectivity index (χ1n) is 5.13. The van der Waals surface area contributed by atoms with Crippen molar-refractivity contribution in [1.82, 2.24) is 15.1 Å². The van der Waals surface area contributed by atoms with Crippen LogP contribution < -0.4 is 0 Å². The van der Waals surface area contributed by atoms with Crippen LogP contribution in [-0.4, -0.2) is 21.0 Å². The number of aromatic nitrogens is 2. The van der Waals surface area contributed by atoms with Crippen molar-refractivity contribution in [3.05, 3.63) is 53.3 Å². The second-order valence-electron chi connectivity index (χ2n) is 3.82. The van der Waals surface area contributed by atoms with Gasteiger partial charge in [0.2, 0.25) is 0 Å². The van der Waals surface area contributed by atoms with Gasteiger partial charge in [-0.25, -0.2) is 0 Å². The molecule has 0 saturated heterocycles. The minimum Gasteiger partial charge on any atom is -0.328 e. The molecule has 0 spiro atoms. The Balaban J connectivity index is 1.82. The molecule has 2 heterocycles. The van der Waals surface area contributed by atoms with Gasteiger partial charge in [0.15, 0.2) is 0 Å². The molecular weight excluding hydrogens is 202 g/mol. The average Bonchev–Trinajstić information content (AvgIpc) is 2.89. The Morgan fingerprint density at radius 2 is 2.12 bits per heavy atom. The molecule has 0 atom stereocenters. The highest BCUT2D eigenvalue weighted by Gasteiger charge is 2.25. The van der Waals surface area contributed by atoms with E-state index in [0.29, 0.717) is 13.1 Å². The number of nitrogens with one attached hydrogen (secondary N) is 1. The Bertz CT molecular complexity index is 498. The van der Waals surface area contributed by atoms with E-state index in [1.54, 1.807) is 4.90 Å². The normalized spacial score (nSPS) is 13.9. The van der Waals surface area contributed by atoms with E-state index in [-0.39, 0.29) is 5.91 Å². The Labute approximate surface area is 92.9 Å². The molecule has 0 saturated carbocycles. The Kier molecular flexibility index (Phi) is 1.99. The molecule has 2 aromatic rings. The monoisotopic (exact) mass is 212 g/mol. The number of hydrogen-bond acceptors (Lipinski definition) is 2. The highest BCUT2D eigenvalue weighted by Crippen LogP contribution is 2.21. The highest BCUT2D eigenvalue weighted by molar-refractivity contribution is 5.94. The second kappa shape index (κ2) is 3.48. The number of fused-ring (bicyclic) bond motifs is 1. The molecule has 0 fully saturated rings. The number of benzene rings is 1. The maximum absolute atomic E-state index is 12.1. The zero-order valence-corrected chi connectivity index (χ0v) is 8.60. The van der Waals surface area contributed by atoms with E-state index in [2.05, 4.69) is 16.4 Å². The summed E-state index contributed by atoms with van der Waals surface area (Å²) in [6.45, 7) is 1.19. The van der Waals surface area contributed by atoms with E-state index >= 15 is 0 Å². The van der Waals surface area contributed by atoms with E-state index in [0.717, 1.165) is 16.8 Å². The number of aromatic amines is 1. The van der Waals surface area contributed by atoms with E-state index in [1.165, 1.54) is 0 Å². The molecule has 0 aliphatic carbocycles. The fourth-order valence-corrected chi connectivity index (χ4v) is 1.90. The average molecular weight is 212 g/mol. The predicted molar refractivity (Wildman–Crippen MR) is 57.4 cm³/mol. The maximum Gasteiger partial charge on any atom is 0.254 e. The molecule has 1 amide bonds. The summed E-state index contributed by atoms with van der Waals surface area (Å²) in [7, 11) is 0. The Hall–Kier alpha value is -2.10. The van der Waals surface area contributed by atoms with Crippen LogP contribution in [0.15, 0.2) is 30.3 Å². The van der Waals surface area contributed by atoms with Gasteiger partial charge in [-0.15, -0.1) is 0 Å². The molecule has 1 aliphatic heterocycles. The van der Waals surface area contributed by atoms with Gasteiger partial charge in [-0.3, -0.25) is 9.89 Å². The lowest BCUT2D eigenvalue weighted by Gasteiger charge is -2.15. The van der Waals surface area contributed by atoms with Crippen LogP contribution in [0.25, 0.3) is 0 Å². The van der Waals surface area contributed by atoms with E-state index < -0.39 is 0 Å². The molecular formula is C12H10N3O. The summed E-state index contributed by atoms with van der Waals surface area (Å²) in [5.41, 5.74) is 2.70. The molecule has 3 rings (SSSR count). The van der Waals surface area contributed by atoms with Gasteiger partial charge in [0.1, 0.15) is 6.20 Å². The van der Waals surface area contributed by atoms with E-state index in [4.69, 9.17) is 0 Å². The number of nitrogens with zero attached hydrogens (tertiary/aromatic N) is 2. The maximum atomic E-state index is 12.1. The summed E-state index contributed by atoms with van der Waals surface area (Å²) < 4.78 is 0. The number of rotatable bonds is 1. The molecule has 1 aromatic heterocycles. The minimum absolute atomic E-state index is 0.0543. The number of carbonyl (C=O) groups excluding carboxylic acids is 1. The summed E-state index contributed by atoms with van der Waals surface area (Å²) >= 11 is 0. The highest BCUT2D eigenvalue weighted by atomic mass is 16.2. The molecule has 1 aromatic carbocycles. The van der Waals surface area contributed by atoms with Crippen LogP contribution in [0.4, 0.5) is 0 Å². The van der Waals surface area contributed by atoms with Gasteiger partial charge in [0, 0.05) is 11.1 Å². The van der Waals surface area contributed by atoms with Crippen LogP contribution in [-0.2, 0) is 13.1 Å². The van der Waals surface area contributed by atoms with Crippen molar-refractivity contribution < 1.29 is 4.79 Å². The van der Waals surface area contributed by atoms with Gasteiger partial charge in [-0.2, -0.15) is 5.10 Å². The quantitative estimate of drug-likeness (QED) is 0.776. The van der Waals surface area contributed by atoms with Crippen LogP contribution in [0.5, 0.6) is 0 Å². The molecule has 4 nitrogen and oxygen atoms in total. The van der Waals surface area contributed by atoms with Gasteiger partial charge in [-0.05, 0) is 12.1 Å². The summed E-state index contributed by atoms with van der Waals surface area (Å²) in [5, 5.41) is 6.68. The van der Waals surface area contributed by atoms with Crippen molar-refractivity contribution in [3.63, 3.8) is 0 Å². The lowest BCUT2D eigenvalue weighted by atomic mass is 10.2. The van der Waals surface area contributed by atoms with Crippen LogP contribution >= 0.6 is 0 Å². The smallest absolute Gasteiger partial charge is 0.254 e. The third kappa shape index (κ3) is 1.39. The first kappa shape index (κ1) is 9.15. The van der Waals surface area contributed by atoms with Crippen LogP contribution in [0.1, 0.15) is 21.6 Å².